The summed E-state index contributed by atoms with van der Waals surface area (Å²) in [6.45, 7) is 4.15. The van der Waals surface area contributed by atoms with Crippen molar-refractivity contribution < 1.29 is 14.3 Å². The third-order valence-electron chi connectivity index (χ3n) is 4.60. The number of urea groups is 1. The zero-order valence-electron chi connectivity index (χ0n) is 16.1. The Hall–Kier alpha value is -2.73. The highest BCUT2D eigenvalue weighted by molar-refractivity contribution is 5.73. The number of fused-ring (bicyclic) bond motifs is 1. The third kappa shape index (κ3) is 5.14. The molecule has 3 rings (SSSR count). The molecule has 1 aliphatic heterocycles. The molecule has 0 fully saturated rings. The predicted molar refractivity (Wildman–Crippen MR) is 105 cm³/mol. The molecule has 27 heavy (non-hydrogen) atoms. The highest BCUT2D eigenvalue weighted by atomic mass is 16.6. The Kier molecular flexibility index (Phi) is 6.19. The first-order chi connectivity index (χ1) is 13.0. The van der Waals surface area contributed by atoms with E-state index in [9.17, 15) is 4.79 Å². The van der Waals surface area contributed by atoms with Crippen LogP contribution in [0.1, 0.15) is 22.7 Å². The summed E-state index contributed by atoms with van der Waals surface area (Å²) in [4.78, 5) is 14.3. The van der Waals surface area contributed by atoms with Gasteiger partial charge in [-0.2, -0.15) is 0 Å². The highest BCUT2D eigenvalue weighted by Gasteiger charge is 2.15. The number of amides is 2. The summed E-state index contributed by atoms with van der Waals surface area (Å²) in [7, 11) is 4.03. The number of carbonyl (C=O) groups excluding carboxylic acids is 1. The minimum Gasteiger partial charge on any atom is -0.486 e. The second kappa shape index (κ2) is 8.77. The van der Waals surface area contributed by atoms with Crippen LogP contribution in [-0.2, 0) is 6.54 Å². The minimum absolute atomic E-state index is 0.116. The molecule has 0 spiro atoms. The molecule has 1 atom stereocenters. The van der Waals surface area contributed by atoms with Crippen molar-refractivity contribution in [3.63, 3.8) is 0 Å². The third-order valence-corrected chi connectivity index (χ3v) is 4.60. The molecule has 0 saturated carbocycles. The van der Waals surface area contributed by atoms with Crippen LogP contribution in [0.4, 0.5) is 4.79 Å². The summed E-state index contributed by atoms with van der Waals surface area (Å²) < 4.78 is 11.1. The van der Waals surface area contributed by atoms with Crippen LogP contribution in [0.15, 0.2) is 42.5 Å². The van der Waals surface area contributed by atoms with Crippen LogP contribution in [0, 0.1) is 6.92 Å². The monoisotopic (exact) mass is 369 g/mol. The second-order valence-electron chi connectivity index (χ2n) is 6.93. The van der Waals surface area contributed by atoms with Gasteiger partial charge in [0, 0.05) is 13.1 Å². The van der Waals surface area contributed by atoms with Crippen LogP contribution in [0.2, 0.25) is 0 Å². The fourth-order valence-electron chi connectivity index (χ4n) is 3.02. The van der Waals surface area contributed by atoms with Gasteiger partial charge in [-0.05, 0) is 44.3 Å². The van der Waals surface area contributed by atoms with Crippen molar-refractivity contribution in [2.45, 2.75) is 19.5 Å². The van der Waals surface area contributed by atoms with Crippen LogP contribution in [0.5, 0.6) is 11.5 Å². The molecule has 0 bridgehead atoms. The van der Waals surface area contributed by atoms with Crippen molar-refractivity contribution in [3.05, 3.63) is 59.2 Å². The number of benzene rings is 2. The number of rotatable bonds is 6. The number of aryl methyl sites for hydroxylation is 1. The van der Waals surface area contributed by atoms with Gasteiger partial charge in [0.15, 0.2) is 11.5 Å². The second-order valence-corrected chi connectivity index (χ2v) is 6.93. The van der Waals surface area contributed by atoms with E-state index in [1.807, 2.05) is 32.3 Å². The molecule has 2 aromatic carbocycles. The molecule has 0 aromatic heterocycles. The van der Waals surface area contributed by atoms with Crippen molar-refractivity contribution >= 4 is 6.03 Å². The van der Waals surface area contributed by atoms with E-state index in [1.165, 1.54) is 11.1 Å². The van der Waals surface area contributed by atoms with Crippen molar-refractivity contribution in [2.24, 2.45) is 0 Å². The van der Waals surface area contributed by atoms with E-state index >= 15 is 0 Å². The van der Waals surface area contributed by atoms with Gasteiger partial charge in [-0.3, -0.25) is 0 Å². The first-order valence-electron chi connectivity index (χ1n) is 9.16. The summed E-state index contributed by atoms with van der Waals surface area (Å²) in [5, 5.41) is 5.86. The van der Waals surface area contributed by atoms with Gasteiger partial charge in [-0.25, -0.2) is 4.79 Å². The summed E-state index contributed by atoms with van der Waals surface area (Å²) in [5.41, 5.74) is 3.37. The predicted octanol–water partition coefficient (Wildman–Crippen LogP) is 2.87. The lowest BCUT2D eigenvalue weighted by atomic mass is 10.0. The zero-order chi connectivity index (χ0) is 19.2. The number of ether oxygens (including phenoxy) is 2. The van der Waals surface area contributed by atoms with Crippen molar-refractivity contribution in [2.75, 3.05) is 33.9 Å². The molecular formula is C21H27N3O3. The maximum Gasteiger partial charge on any atom is 0.315 e. The van der Waals surface area contributed by atoms with Crippen LogP contribution in [0.3, 0.4) is 0 Å². The molecule has 0 saturated heterocycles. The van der Waals surface area contributed by atoms with Gasteiger partial charge >= 0.3 is 6.03 Å². The zero-order valence-corrected chi connectivity index (χ0v) is 16.1. The number of nitrogens with zero attached hydrogens (tertiary/aromatic N) is 1. The van der Waals surface area contributed by atoms with Crippen LogP contribution >= 0.6 is 0 Å². The molecule has 2 N–H and O–H groups in total. The van der Waals surface area contributed by atoms with Gasteiger partial charge < -0.3 is 25.0 Å². The van der Waals surface area contributed by atoms with E-state index in [-0.39, 0.29) is 12.1 Å². The quantitative estimate of drug-likeness (QED) is 0.822. The minimum atomic E-state index is -0.191. The normalized spacial score (nSPS) is 13.9. The number of carbonyl (C=O) groups is 1. The fraction of sp³-hybridized carbons (Fsp3) is 0.381. The number of nitrogens with one attached hydrogen (secondary N) is 2. The maximum absolute atomic E-state index is 12.2. The fourth-order valence-corrected chi connectivity index (χ4v) is 3.02. The lowest BCUT2D eigenvalue weighted by Gasteiger charge is -2.25. The molecule has 6 heteroatoms. The summed E-state index contributed by atoms with van der Waals surface area (Å²) in [6.07, 6.45) is 0. The lowest BCUT2D eigenvalue weighted by molar-refractivity contribution is 0.171. The first kappa shape index (κ1) is 19.0. The molecule has 0 aliphatic carbocycles. The van der Waals surface area contributed by atoms with Gasteiger partial charge in [0.1, 0.15) is 13.2 Å². The summed E-state index contributed by atoms with van der Waals surface area (Å²) >= 11 is 0. The molecule has 1 unspecified atom stereocenters. The average molecular weight is 369 g/mol. The van der Waals surface area contributed by atoms with E-state index < -0.39 is 0 Å². The Morgan fingerprint density at radius 1 is 1.04 bits per heavy atom. The van der Waals surface area contributed by atoms with Crippen LogP contribution in [0.25, 0.3) is 0 Å². The van der Waals surface area contributed by atoms with E-state index in [4.69, 9.17) is 9.47 Å². The molecular weight excluding hydrogens is 342 g/mol. The molecule has 1 aliphatic rings. The largest absolute Gasteiger partial charge is 0.486 e. The molecule has 144 valence electrons. The van der Waals surface area contributed by atoms with Crippen LogP contribution in [-0.4, -0.2) is 44.8 Å². The molecule has 2 amide bonds. The number of hydrogen-bond acceptors (Lipinski definition) is 4. The van der Waals surface area contributed by atoms with Gasteiger partial charge in [0.2, 0.25) is 0 Å². The number of hydrogen-bond donors (Lipinski definition) is 2. The smallest absolute Gasteiger partial charge is 0.315 e. The summed E-state index contributed by atoms with van der Waals surface area (Å²) in [6, 6.07) is 14.0. The van der Waals surface area contributed by atoms with E-state index in [2.05, 4.69) is 46.7 Å². The van der Waals surface area contributed by atoms with Gasteiger partial charge in [-0.15, -0.1) is 0 Å². The van der Waals surface area contributed by atoms with Crippen LogP contribution < -0.4 is 20.1 Å². The average Bonchev–Trinajstić information content (AvgIpc) is 2.67. The van der Waals surface area contributed by atoms with Crippen molar-refractivity contribution in [3.8, 4) is 11.5 Å². The molecule has 2 aromatic rings. The first-order valence-corrected chi connectivity index (χ1v) is 9.16. The summed E-state index contributed by atoms with van der Waals surface area (Å²) in [5.74, 6) is 1.48. The number of likely N-dealkylation sites (N-methyl/N-ethyl adjacent to an activating group) is 1. The Morgan fingerprint density at radius 3 is 2.44 bits per heavy atom. The maximum atomic E-state index is 12.2. The Morgan fingerprint density at radius 2 is 1.74 bits per heavy atom. The topological polar surface area (TPSA) is 62.8 Å². The van der Waals surface area contributed by atoms with Gasteiger partial charge in [-0.1, -0.05) is 35.9 Å². The lowest BCUT2D eigenvalue weighted by Crippen LogP contribution is -2.40. The molecule has 6 nitrogen and oxygen atoms in total. The van der Waals surface area contributed by atoms with Gasteiger partial charge in [0.25, 0.3) is 0 Å². The Balaban J connectivity index is 1.51. The van der Waals surface area contributed by atoms with E-state index in [0.29, 0.717) is 26.3 Å². The van der Waals surface area contributed by atoms with Crippen molar-refractivity contribution in [1.82, 2.24) is 15.5 Å². The standard InChI is InChI=1S/C21H27N3O3/c1-15-4-7-17(8-5-15)18(24(2)3)14-23-21(25)22-13-16-6-9-19-20(12-16)27-11-10-26-19/h4-9,12,18H,10-11,13-14H2,1-3H3,(H2,22,23,25). The highest BCUT2D eigenvalue weighted by Crippen LogP contribution is 2.30. The molecule has 1 heterocycles. The van der Waals surface area contributed by atoms with Gasteiger partial charge in [0.05, 0.1) is 6.04 Å². The van der Waals surface area contributed by atoms with E-state index in [0.717, 1.165) is 17.1 Å². The van der Waals surface area contributed by atoms with E-state index in [1.54, 1.807) is 0 Å². The Bertz CT molecular complexity index is 775. The molecule has 0 radical (unpaired) electrons. The SMILES string of the molecule is Cc1ccc(C(CNC(=O)NCc2ccc3c(c2)OCCO3)N(C)C)cc1. The Labute approximate surface area is 160 Å². The van der Waals surface area contributed by atoms with Crippen molar-refractivity contribution in [1.29, 1.82) is 0 Å².